The van der Waals surface area contributed by atoms with Crippen molar-refractivity contribution in [1.29, 1.82) is 0 Å². The van der Waals surface area contributed by atoms with Crippen molar-refractivity contribution < 1.29 is 37.0 Å². The first-order chi connectivity index (χ1) is 20.5. The zero-order valence-electron chi connectivity index (χ0n) is 23.3. The van der Waals surface area contributed by atoms with Crippen molar-refractivity contribution in [3.8, 4) is 5.75 Å². The van der Waals surface area contributed by atoms with Crippen molar-refractivity contribution in [3.63, 3.8) is 0 Å². The molecule has 0 unspecified atom stereocenters. The van der Waals surface area contributed by atoms with E-state index in [1.807, 2.05) is 23.9 Å². The lowest BCUT2D eigenvalue weighted by atomic mass is 10.0. The van der Waals surface area contributed by atoms with Crippen molar-refractivity contribution >= 4 is 35.2 Å². The van der Waals surface area contributed by atoms with Gasteiger partial charge in [0, 0.05) is 35.0 Å². The summed E-state index contributed by atoms with van der Waals surface area (Å²) in [5, 5.41) is 0.901. The molecular formula is C29H29ClF3N3O6S. The molecule has 0 spiro atoms. The van der Waals surface area contributed by atoms with E-state index >= 15 is 0 Å². The van der Waals surface area contributed by atoms with E-state index in [1.165, 1.54) is 28.7 Å². The summed E-state index contributed by atoms with van der Waals surface area (Å²) in [5.41, 5.74) is 5.28. The number of methoxy groups -OCH3 is 1. The van der Waals surface area contributed by atoms with Gasteiger partial charge in [0.05, 0.1) is 13.2 Å². The quantitative estimate of drug-likeness (QED) is 0.289. The molecule has 5 rings (SSSR count). The Hall–Kier alpha value is -3.52. The predicted molar refractivity (Wildman–Crippen MR) is 155 cm³/mol. The van der Waals surface area contributed by atoms with Gasteiger partial charge in [0.25, 0.3) is 5.91 Å². The predicted octanol–water partition coefficient (Wildman–Crippen LogP) is 4.86. The summed E-state index contributed by atoms with van der Waals surface area (Å²) >= 11 is 8.13. The molecule has 9 nitrogen and oxygen atoms in total. The molecule has 2 aliphatic rings. The van der Waals surface area contributed by atoms with Crippen LogP contribution < -0.4 is 15.6 Å². The van der Waals surface area contributed by atoms with Crippen LogP contribution in [0.4, 0.5) is 13.2 Å². The highest BCUT2D eigenvalue weighted by molar-refractivity contribution is 7.98. The van der Waals surface area contributed by atoms with Crippen LogP contribution in [0, 0.1) is 0 Å². The maximum absolute atomic E-state index is 13.0. The molecule has 1 amide bonds. The lowest BCUT2D eigenvalue weighted by Crippen LogP contribution is -2.54. The van der Waals surface area contributed by atoms with Gasteiger partial charge in [-0.3, -0.25) is 14.3 Å². The van der Waals surface area contributed by atoms with Gasteiger partial charge in [-0.2, -0.15) is 13.2 Å². The summed E-state index contributed by atoms with van der Waals surface area (Å²) in [6, 6.07) is 13.7. The zero-order valence-corrected chi connectivity index (χ0v) is 24.9. The Morgan fingerprint density at radius 3 is 2.58 bits per heavy atom. The average molecular weight is 640 g/mol. The third kappa shape index (κ3) is 7.91. The van der Waals surface area contributed by atoms with Gasteiger partial charge in [-0.1, -0.05) is 41.9 Å². The molecule has 0 radical (unpaired) electrons. The summed E-state index contributed by atoms with van der Waals surface area (Å²) in [7, 11) is 1.44. The lowest BCUT2D eigenvalue weighted by Gasteiger charge is -2.36. The third-order valence-corrected chi connectivity index (χ3v) is 8.18. The first-order valence-corrected chi connectivity index (χ1v) is 14.5. The molecule has 3 heterocycles. The van der Waals surface area contributed by atoms with Crippen LogP contribution in [0.2, 0.25) is 5.02 Å². The molecule has 0 bridgehead atoms. The zero-order chi connectivity index (χ0) is 31.1. The molecule has 1 N–H and O–H groups in total. The molecule has 2 aliphatic heterocycles. The second-order valence-corrected chi connectivity index (χ2v) is 10.9. The molecule has 43 heavy (non-hydrogen) atoms. The van der Waals surface area contributed by atoms with Crippen LogP contribution in [0.3, 0.4) is 0 Å². The summed E-state index contributed by atoms with van der Waals surface area (Å²) in [6.45, 7) is 0.161. The Bertz CT molecular complexity index is 1530. The SMILES string of the molecule is COCCOCC(=O)Oc1c2n(ccc1=O)NCN([C@H](C)C(F)(F)F)C2=O.Clc1cccc2c1CSc1ccccc1C2. The fourth-order valence-corrected chi connectivity index (χ4v) is 5.80. The minimum absolute atomic E-state index is 0.0921. The van der Waals surface area contributed by atoms with E-state index in [2.05, 4.69) is 35.8 Å². The molecule has 14 heteroatoms. The third-order valence-electron chi connectivity index (χ3n) is 6.68. The van der Waals surface area contributed by atoms with Gasteiger partial charge in [0.1, 0.15) is 19.3 Å². The molecule has 0 saturated heterocycles. The van der Waals surface area contributed by atoms with Crippen molar-refractivity contribution in [2.75, 3.05) is 39.0 Å². The number of pyridine rings is 1. The topological polar surface area (TPSA) is 99.1 Å². The largest absolute Gasteiger partial charge is 0.418 e. The van der Waals surface area contributed by atoms with E-state index in [0.717, 1.165) is 41.1 Å². The van der Waals surface area contributed by atoms with Gasteiger partial charge in [0.15, 0.2) is 5.69 Å². The highest BCUT2D eigenvalue weighted by atomic mass is 35.5. The van der Waals surface area contributed by atoms with Gasteiger partial charge in [-0.05, 0) is 42.2 Å². The summed E-state index contributed by atoms with van der Waals surface area (Å²) in [5.74, 6) is -1.77. The highest BCUT2D eigenvalue weighted by Gasteiger charge is 2.45. The van der Waals surface area contributed by atoms with E-state index in [1.54, 1.807) is 0 Å². The van der Waals surface area contributed by atoms with Crippen molar-refractivity contribution in [1.82, 2.24) is 9.58 Å². The Morgan fingerprint density at radius 1 is 1.09 bits per heavy atom. The van der Waals surface area contributed by atoms with E-state index in [0.29, 0.717) is 4.90 Å². The van der Waals surface area contributed by atoms with E-state index in [-0.39, 0.29) is 13.2 Å². The molecular weight excluding hydrogens is 611 g/mol. The van der Waals surface area contributed by atoms with Crippen LogP contribution in [0.25, 0.3) is 0 Å². The fraction of sp³-hybridized carbons (Fsp3) is 0.345. The Morgan fingerprint density at radius 2 is 1.84 bits per heavy atom. The monoisotopic (exact) mass is 639 g/mol. The van der Waals surface area contributed by atoms with Crippen LogP contribution in [-0.4, -0.2) is 67.3 Å². The van der Waals surface area contributed by atoms with Crippen molar-refractivity contribution in [2.45, 2.75) is 36.2 Å². The molecule has 3 aromatic rings. The van der Waals surface area contributed by atoms with E-state index in [9.17, 15) is 27.6 Å². The number of nitrogens with zero attached hydrogens (tertiary/aromatic N) is 2. The Labute approximate surface area is 254 Å². The first-order valence-electron chi connectivity index (χ1n) is 13.1. The van der Waals surface area contributed by atoms with Crippen LogP contribution in [-0.2, 0) is 26.4 Å². The van der Waals surface area contributed by atoms with Gasteiger partial charge in [-0.15, -0.1) is 11.8 Å². The van der Waals surface area contributed by atoms with Crippen LogP contribution >= 0.6 is 23.4 Å². The number of thioether (sulfide) groups is 1. The number of alkyl halides is 3. The number of aromatic nitrogens is 1. The normalized spacial score (nSPS) is 14.7. The number of hydrogen-bond acceptors (Lipinski definition) is 8. The number of hydrogen-bond donors (Lipinski definition) is 1. The highest BCUT2D eigenvalue weighted by Crippen LogP contribution is 2.36. The molecule has 0 aliphatic carbocycles. The van der Waals surface area contributed by atoms with Crippen molar-refractivity contribution in [3.05, 3.63) is 92.4 Å². The first kappa shape index (κ1) is 32.4. The van der Waals surface area contributed by atoms with Crippen LogP contribution in [0.1, 0.15) is 34.1 Å². The number of nitrogens with one attached hydrogen (secondary N) is 1. The number of carbonyl (C=O) groups excluding carboxylic acids is 2. The number of halogens is 4. The molecule has 230 valence electrons. The Balaban J connectivity index is 0.000000222. The van der Waals surface area contributed by atoms with E-state index in [4.69, 9.17) is 25.8 Å². The van der Waals surface area contributed by atoms with Crippen molar-refractivity contribution in [2.24, 2.45) is 0 Å². The van der Waals surface area contributed by atoms with Gasteiger partial charge in [0.2, 0.25) is 11.2 Å². The maximum Gasteiger partial charge on any atom is 0.408 e. The van der Waals surface area contributed by atoms with Gasteiger partial charge in [-0.25, -0.2) is 4.79 Å². The van der Waals surface area contributed by atoms with Crippen LogP contribution in [0.15, 0.2) is 64.4 Å². The second kappa shape index (κ2) is 14.3. The van der Waals surface area contributed by atoms with E-state index < -0.39 is 54.2 Å². The molecule has 0 fully saturated rings. The Kier molecular flexibility index (Phi) is 10.8. The molecule has 1 aromatic heterocycles. The number of ether oxygens (including phenoxy) is 3. The number of rotatable bonds is 7. The van der Waals surface area contributed by atoms with Crippen LogP contribution in [0.5, 0.6) is 5.75 Å². The number of benzene rings is 2. The lowest BCUT2D eigenvalue weighted by molar-refractivity contribution is -0.172. The van der Waals surface area contributed by atoms with Gasteiger partial charge < -0.3 is 24.5 Å². The maximum atomic E-state index is 13.0. The van der Waals surface area contributed by atoms with Gasteiger partial charge >= 0.3 is 12.1 Å². The minimum atomic E-state index is -4.67. The molecule has 1 atom stereocenters. The fourth-order valence-electron chi connectivity index (χ4n) is 4.32. The number of esters is 1. The smallest absolute Gasteiger partial charge is 0.408 e. The number of fused-ring (bicyclic) bond motifs is 3. The standard InChI is InChI=1S/C15H18F3N3O6.C14H11ClS/c1-9(15(16,17)18)20-8-19-21-4-3-10(22)13(12(21)14(20)24)27-11(23)7-26-6-5-25-2;15-13-6-3-5-10-8-11-4-1-2-7-14(11)16-9-12(10)13/h3-4,9,19H,5-8H2,1-2H3;1-7H,8-9H2/t9-;/m1./s1. The summed E-state index contributed by atoms with van der Waals surface area (Å²) in [6.07, 6.45) is -2.50. The molecule has 2 aromatic carbocycles. The number of amides is 1. The average Bonchev–Trinajstić information content (AvgIpc) is 3.17. The number of carbonyl (C=O) groups is 2. The second-order valence-electron chi connectivity index (χ2n) is 9.51. The summed E-state index contributed by atoms with van der Waals surface area (Å²) < 4.78 is 54.5. The molecule has 0 saturated carbocycles. The minimum Gasteiger partial charge on any atom is -0.418 e. The summed E-state index contributed by atoms with van der Waals surface area (Å²) in [4.78, 5) is 38.3.